The fourth-order valence-corrected chi connectivity index (χ4v) is 3.09. The number of nitrogens with zero attached hydrogens (tertiary/aromatic N) is 3. The van der Waals surface area contributed by atoms with Gasteiger partial charge in [-0.25, -0.2) is 4.68 Å². The minimum atomic E-state index is -0.786. The zero-order valence-corrected chi connectivity index (χ0v) is 12.4. The highest BCUT2D eigenvalue weighted by atomic mass is 16.5. The lowest BCUT2D eigenvalue weighted by Gasteiger charge is -2.34. The van der Waals surface area contributed by atoms with Crippen molar-refractivity contribution >= 4 is 5.97 Å². The summed E-state index contributed by atoms with van der Waals surface area (Å²) in [6, 6.07) is -0.156. The molecule has 0 radical (unpaired) electrons. The molecule has 1 aromatic rings. The monoisotopic (exact) mass is 281 g/mol. The van der Waals surface area contributed by atoms with Crippen LogP contribution in [0.15, 0.2) is 0 Å². The number of rotatable bonds is 5. The minimum absolute atomic E-state index is 0.0862. The van der Waals surface area contributed by atoms with Crippen LogP contribution in [-0.4, -0.2) is 46.0 Å². The highest BCUT2D eigenvalue weighted by molar-refractivity contribution is 5.68. The fraction of sp³-hybridized carbons (Fsp3) is 0.714. The molecule has 0 bridgehead atoms. The normalized spacial score (nSPS) is 17.9. The Kier molecular flexibility index (Phi) is 4.65. The lowest BCUT2D eigenvalue weighted by Crippen LogP contribution is -2.35. The molecule has 0 aromatic carbocycles. The average molecular weight is 281 g/mol. The van der Waals surface area contributed by atoms with Gasteiger partial charge in [0.25, 0.3) is 0 Å². The quantitative estimate of drug-likeness (QED) is 0.890. The first-order valence-corrected chi connectivity index (χ1v) is 7.08. The van der Waals surface area contributed by atoms with E-state index in [0.29, 0.717) is 5.88 Å². The van der Waals surface area contributed by atoms with E-state index in [1.165, 1.54) is 6.42 Å². The van der Waals surface area contributed by atoms with E-state index in [-0.39, 0.29) is 12.5 Å². The molecule has 6 heteroatoms. The van der Waals surface area contributed by atoms with E-state index in [9.17, 15) is 9.90 Å². The molecular weight excluding hydrogens is 258 g/mol. The maximum Gasteiger partial charge on any atom is 0.305 e. The molecule has 1 aliphatic rings. The van der Waals surface area contributed by atoms with Crippen molar-refractivity contribution in [1.29, 1.82) is 0 Å². The number of hydrogen-bond donors (Lipinski definition) is 1. The number of aryl methyl sites for hydroxylation is 2. The molecule has 1 unspecified atom stereocenters. The molecule has 6 nitrogen and oxygen atoms in total. The summed E-state index contributed by atoms with van der Waals surface area (Å²) in [5.41, 5.74) is 1.76. The van der Waals surface area contributed by atoms with Gasteiger partial charge >= 0.3 is 5.97 Å². The van der Waals surface area contributed by atoms with Crippen LogP contribution in [-0.2, 0) is 11.8 Å². The third-order valence-electron chi connectivity index (χ3n) is 3.94. The number of piperidine rings is 1. The number of likely N-dealkylation sites (tertiary alicyclic amines) is 1. The summed E-state index contributed by atoms with van der Waals surface area (Å²) >= 11 is 0. The van der Waals surface area contributed by atoms with Gasteiger partial charge in [-0.15, -0.1) is 0 Å². The summed E-state index contributed by atoms with van der Waals surface area (Å²) in [7, 11) is 3.43. The van der Waals surface area contributed by atoms with Crippen molar-refractivity contribution in [2.75, 3.05) is 20.2 Å². The minimum Gasteiger partial charge on any atom is -0.481 e. The van der Waals surface area contributed by atoms with Gasteiger partial charge in [0, 0.05) is 7.05 Å². The van der Waals surface area contributed by atoms with Crippen LogP contribution in [0.2, 0.25) is 0 Å². The second-order valence-electron chi connectivity index (χ2n) is 5.34. The third-order valence-corrected chi connectivity index (χ3v) is 3.94. The number of ether oxygens (including phenoxy) is 1. The Balaban J connectivity index is 2.37. The Morgan fingerprint density at radius 3 is 2.60 bits per heavy atom. The maximum absolute atomic E-state index is 11.2. The van der Waals surface area contributed by atoms with Crippen LogP contribution >= 0.6 is 0 Å². The molecule has 1 fully saturated rings. The summed E-state index contributed by atoms with van der Waals surface area (Å²) < 4.78 is 7.12. The van der Waals surface area contributed by atoms with Crippen LogP contribution in [0, 0.1) is 6.92 Å². The Hall–Kier alpha value is -1.56. The Labute approximate surface area is 119 Å². The third kappa shape index (κ3) is 2.95. The molecular formula is C14H23N3O3. The summed E-state index contributed by atoms with van der Waals surface area (Å²) in [5, 5.41) is 13.6. The van der Waals surface area contributed by atoms with Crippen LogP contribution in [0.25, 0.3) is 0 Å². The topological polar surface area (TPSA) is 67.6 Å². The van der Waals surface area contributed by atoms with Gasteiger partial charge in [-0.05, 0) is 32.9 Å². The Morgan fingerprint density at radius 1 is 1.40 bits per heavy atom. The first-order chi connectivity index (χ1) is 9.54. The van der Waals surface area contributed by atoms with Crippen LogP contribution in [0.4, 0.5) is 0 Å². The molecule has 2 heterocycles. The molecule has 1 atom stereocenters. The number of carboxylic acids is 1. The molecule has 1 aliphatic heterocycles. The van der Waals surface area contributed by atoms with Crippen molar-refractivity contribution in [3.05, 3.63) is 11.3 Å². The molecule has 1 aromatic heterocycles. The first kappa shape index (κ1) is 14.8. The van der Waals surface area contributed by atoms with Gasteiger partial charge in [-0.1, -0.05) is 6.42 Å². The highest BCUT2D eigenvalue weighted by Crippen LogP contribution is 2.35. The molecule has 20 heavy (non-hydrogen) atoms. The van der Waals surface area contributed by atoms with Crippen LogP contribution < -0.4 is 4.74 Å². The maximum atomic E-state index is 11.2. The molecule has 2 rings (SSSR count). The molecule has 0 spiro atoms. The van der Waals surface area contributed by atoms with E-state index in [1.54, 1.807) is 11.8 Å². The van der Waals surface area contributed by atoms with Crippen molar-refractivity contribution < 1.29 is 14.6 Å². The highest BCUT2D eigenvalue weighted by Gasteiger charge is 2.31. The first-order valence-electron chi connectivity index (χ1n) is 7.08. The van der Waals surface area contributed by atoms with E-state index in [2.05, 4.69) is 10.00 Å². The largest absolute Gasteiger partial charge is 0.481 e. The Bertz CT molecular complexity index is 478. The van der Waals surface area contributed by atoms with Gasteiger partial charge in [-0.2, -0.15) is 5.10 Å². The summed E-state index contributed by atoms with van der Waals surface area (Å²) in [5.74, 6) is -0.120. The molecule has 0 aliphatic carbocycles. The van der Waals surface area contributed by atoms with Gasteiger partial charge in [0.05, 0.1) is 30.8 Å². The van der Waals surface area contributed by atoms with E-state index < -0.39 is 5.97 Å². The lowest BCUT2D eigenvalue weighted by atomic mass is 9.99. The number of carboxylic acid groups (broad SMARTS) is 1. The van der Waals surface area contributed by atoms with E-state index >= 15 is 0 Å². The standard InChI is InChI=1S/C14H23N3O3/c1-10-13(14(20-3)16(2)15-10)11(9-12(18)19)17-7-5-4-6-8-17/h11H,4-9H2,1-3H3,(H,18,19). The summed E-state index contributed by atoms with van der Waals surface area (Å²) in [4.78, 5) is 13.5. The molecule has 0 saturated carbocycles. The predicted octanol–water partition coefficient (Wildman–Crippen LogP) is 1.74. The average Bonchev–Trinajstić information content (AvgIpc) is 2.70. The van der Waals surface area contributed by atoms with E-state index in [4.69, 9.17) is 4.74 Å². The lowest BCUT2D eigenvalue weighted by molar-refractivity contribution is -0.138. The summed E-state index contributed by atoms with van der Waals surface area (Å²) in [6.45, 7) is 3.79. The van der Waals surface area contributed by atoms with Gasteiger partial charge in [-0.3, -0.25) is 9.69 Å². The number of aliphatic carboxylic acids is 1. The second-order valence-corrected chi connectivity index (χ2v) is 5.34. The van der Waals surface area contributed by atoms with Crippen molar-refractivity contribution in [2.24, 2.45) is 7.05 Å². The second kappa shape index (κ2) is 6.26. The van der Waals surface area contributed by atoms with Gasteiger partial charge < -0.3 is 9.84 Å². The number of methoxy groups -OCH3 is 1. The Morgan fingerprint density at radius 2 is 2.05 bits per heavy atom. The number of hydrogen-bond acceptors (Lipinski definition) is 4. The van der Waals surface area contributed by atoms with Crippen molar-refractivity contribution in [1.82, 2.24) is 14.7 Å². The zero-order valence-electron chi connectivity index (χ0n) is 12.4. The van der Waals surface area contributed by atoms with E-state index in [0.717, 1.165) is 37.2 Å². The van der Waals surface area contributed by atoms with Crippen LogP contribution in [0.1, 0.15) is 43.0 Å². The van der Waals surface area contributed by atoms with Crippen LogP contribution in [0.5, 0.6) is 5.88 Å². The molecule has 1 saturated heterocycles. The van der Waals surface area contributed by atoms with Gasteiger partial charge in [0.15, 0.2) is 0 Å². The van der Waals surface area contributed by atoms with E-state index in [1.807, 2.05) is 14.0 Å². The van der Waals surface area contributed by atoms with Crippen molar-refractivity contribution in [2.45, 2.75) is 38.6 Å². The van der Waals surface area contributed by atoms with Gasteiger partial charge in [0.2, 0.25) is 5.88 Å². The molecule has 0 amide bonds. The molecule has 112 valence electrons. The fourth-order valence-electron chi connectivity index (χ4n) is 3.09. The van der Waals surface area contributed by atoms with Gasteiger partial charge in [0.1, 0.15) is 0 Å². The van der Waals surface area contributed by atoms with Crippen molar-refractivity contribution in [3.63, 3.8) is 0 Å². The van der Waals surface area contributed by atoms with Crippen molar-refractivity contribution in [3.8, 4) is 5.88 Å². The number of carbonyl (C=O) groups is 1. The number of aromatic nitrogens is 2. The predicted molar refractivity (Wildman–Crippen MR) is 74.9 cm³/mol. The SMILES string of the molecule is COc1c(C(CC(=O)O)N2CCCCC2)c(C)nn1C. The molecule has 1 N–H and O–H groups in total. The summed E-state index contributed by atoms with van der Waals surface area (Å²) in [6.07, 6.45) is 3.55. The van der Waals surface area contributed by atoms with Crippen LogP contribution in [0.3, 0.4) is 0 Å². The zero-order chi connectivity index (χ0) is 14.7. The smallest absolute Gasteiger partial charge is 0.305 e.